The van der Waals surface area contributed by atoms with E-state index in [4.69, 9.17) is 23.8 Å². The van der Waals surface area contributed by atoms with Crippen LogP contribution in [0.2, 0.25) is 0 Å². The average molecular weight is 418 g/mol. The topological polar surface area (TPSA) is 89.6 Å². The van der Waals surface area contributed by atoms with E-state index in [9.17, 15) is 10.0 Å². The number of carbonyl (C=O) groups is 1. The summed E-state index contributed by atoms with van der Waals surface area (Å²) in [5.41, 5.74) is -1.23. The van der Waals surface area contributed by atoms with E-state index in [-0.39, 0.29) is 18.4 Å². The third kappa shape index (κ3) is 7.75. The lowest BCUT2D eigenvalue weighted by Crippen LogP contribution is -2.60. The highest BCUT2D eigenvalue weighted by atomic mass is 16.7. The van der Waals surface area contributed by atoms with Gasteiger partial charge in [0, 0.05) is 17.0 Å². The van der Waals surface area contributed by atoms with Gasteiger partial charge in [0.05, 0.1) is 66.0 Å². The fourth-order valence-electron chi connectivity index (χ4n) is 4.00. The van der Waals surface area contributed by atoms with Crippen LogP contribution in [0.5, 0.6) is 0 Å². The van der Waals surface area contributed by atoms with Gasteiger partial charge in [-0.05, 0) is 40.5 Å². The van der Waals surface area contributed by atoms with Gasteiger partial charge in [-0.3, -0.25) is 9.63 Å². The SMILES string of the molecule is CC1(C)CC(C(=O)N2CCOCCOCCOCCOCCO2)CC(C)(C)N1[O]. The van der Waals surface area contributed by atoms with Crippen LogP contribution in [0.1, 0.15) is 40.5 Å². The molecular weight excluding hydrogens is 380 g/mol. The third-order valence-corrected chi connectivity index (χ3v) is 5.22. The van der Waals surface area contributed by atoms with Gasteiger partial charge in [-0.2, -0.15) is 0 Å². The maximum Gasteiger partial charge on any atom is 0.249 e. The molecule has 2 rings (SSSR count). The largest absolute Gasteiger partial charge is 0.377 e. The Labute approximate surface area is 174 Å². The van der Waals surface area contributed by atoms with Crippen molar-refractivity contribution in [1.82, 2.24) is 10.1 Å². The molecule has 1 radical (unpaired) electrons. The summed E-state index contributed by atoms with van der Waals surface area (Å²) in [6.07, 6.45) is 0.975. The molecule has 2 aliphatic rings. The molecule has 0 saturated carbocycles. The fraction of sp³-hybridized carbons (Fsp3) is 0.950. The molecule has 9 heteroatoms. The lowest BCUT2D eigenvalue weighted by molar-refractivity contribution is -0.295. The zero-order valence-corrected chi connectivity index (χ0v) is 18.3. The molecule has 2 fully saturated rings. The minimum absolute atomic E-state index is 0.108. The Morgan fingerprint density at radius 1 is 0.724 bits per heavy atom. The molecule has 1 amide bonds. The number of carbonyl (C=O) groups excluding carboxylic acids is 1. The first-order valence-electron chi connectivity index (χ1n) is 10.5. The molecule has 2 aliphatic heterocycles. The highest BCUT2D eigenvalue weighted by Crippen LogP contribution is 2.40. The van der Waals surface area contributed by atoms with E-state index in [1.54, 1.807) is 0 Å². The van der Waals surface area contributed by atoms with Crippen molar-refractivity contribution in [2.45, 2.75) is 51.6 Å². The Morgan fingerprint density at radius 3 is 1.62 bits per heavy atom. The van der Waals surface area contributed by atoms with Crippen LogP contribution in [0.4, 0.5) is 0 Å². The molecule has 0 atom stereocenters. The van der Waals surface area contributed by atoms with Gasteiger partial charge in [0.2, 0.25) is 5.91 Å². The van der Waals surface area contributed by atoms with Crippen molar-refractivity contribution >= 4 is 5.91 Å². The second kappa shape index (κ2) is 11.5. The van der Waals surface area contributed by atoms with E-state index in [0.717, 1.165) is 5.06 Å². The maximum atomic E-state index is 13.2. The normalized spacial score (nSPS) is 26.9. The van der Waals surface area contributed by atoms with Crippen molar-refractivity contribution in [2.24, 2.45) is 5.92 Å². The summed E-state index contributed by atoms with van der Waals surface area (Å²) in [7, 11) is 0. The number of hydrogen-bond acceptors (Lipinski definition) is 7. The average Bonchev–Trinajstić information content (AvgIpc) is 2.65. The molecule has 0 spiro atoms. The zero-order chi connectivity index (χ0) is 21.3. The van der Waals surface area contributed by atoms with Crippen molar-refractivity contribution in [3.8, 4) is 0 Å². The van der Waals surface area contributed by atoms with E-state index in [0.29, 0.717) is 72.2 Å². The predicted octanol–water partition coefficient (Wildman–Crippen LogP) is 1.44. The molecule has 29 heavy (non-hydrogen) atoms. The van der Waals surface area contributed by atoms with Gasteiger partial charge >= 0.3 is 0 Å². The summed E-state index contributed by atoms with van der Waals surface area (Å²) in [6.45, 7) is 11.7. The smallest absolute Gasteiger partial charge is 0.249 e. The first-order chi connectivity index (χ1) is 13.7. The van der Waals surface area contributed by atoms with Gasteiger partial charge in [0.1, 0.15) is 0 Å². The maximum absolute atomic E-state index is 13.2. The number of piperidine rings is 1. The quantitative estimate of drug-likeness (QED) is 0.638. The fourth-order valence-corrected chi connectivity index (χ4v) is 4.00. The Morgan fingerprint density at radius 2 is 1.14 bits per heavy atom. The summed E-state index contributed by atoms with van der Waals surface area (Å²) in [4.78, 5) is 19.0. The lowest BCUT2D eigenvalue weighted by atomic mass is 9.75. The summed E-state index contributed by atoms with van der Waals surface area (Å²) in [5.74, 6) is -0.392. The number of amides is 1. The van der Waals surface area contributed by atoms with Crippen LogP contribution in [-0.4, -0.2) is 93.1 Å². The summed E-state index contributed by atoms with van der Waals surface area (Å²) < 4.78 is 21.9. The van der Waals surface area contributed by atoms with Gasteiger partial charge in [-0.15, -0.1) is 10.3 Å². The Bertz CT molecular complexity index is 467. The van der Waals surface area contributed by atoms with E-state index < -0.39 is 11.1 Å². The Hall–Kier alpha value is -0.810. The standard InChI is InChI=1S/C20H37N2O7/c1-19(2)15-17(16-20(3,4)22(19)24)18(23)21-5-6-25-7-8-26-9-10-27-11-12-28-13-14-29-21/h17H,5-16H2,1-4H3. The monoisotopic (exact) mass is 417 g/mol. The molecule has 0 N–H and O–H groups in total. The van der Waals surface area contributed by atoms with Crippen LogP contribution in [0.25, 0.3) is 0 Å². The summed E-state index contributed by atoms with van der Waals surface area (Å²) in [5, 5.41) is 15.1. The highest BCUT2D eigenvalue weighted by molar-refractivity contribution is 5.78. The van der Waals surface area contributed by atoms with Gasteiger partial charge in [-0.1, -0.05) is 0 Å². The number of nitrogens with zero attached hydrogens (tertiary/aromatic N) is 2. The van der Waals surface area contributed by atoms with Gasteiger partial charge in [0.25, 0.3) is 0 Å². The van der Waals surface area contributed by atoms with Crippen LogP contribution in [0.15, 0.2) is 0 Å². The zero-order valence-electron chi connectivity index (χ0n) is 18.3. The number of ether oxygens (including phenoxy) is 4. The minimum Gasteiger partial charge on any atom is -0.377 e. The first-order valence-corrected chi connectivity index (χ1v) is 10.5. The highest BCUT2D eigenvalue weighted by Gasteiger charge is 2.49. The van der Waals surface area contributed by atoms with Crippen molar-refractivity contribution < 1.29 is 33.8 Å². The van der Waals surface area contributed by atoms with Crippen LogP contribution >= 0.6 is 0 Å². The van der Waals surface area contributed by atoms with Crippen molar-refractivity contribution in [2.75, 3.05) is 66.0 Å². The van der Waals surface area contributed by atoms with Crippen LogP contribution in [0.3, 0.4) is 0 Å². The Balaban J connectivity index is 1.96. The second-order valence-corrected chi connectivity index (χ2v) is 8.75. The second-order valence-electron chi connectivity index (χ2n) is 8.75. The molecule has 0 aromatic rings. The molecular formula is C20H37N2O7. The van der Waals surface area contributed by atoms with E-state index in [1.807, 2.05) is 27.7 Å². The molecule has 0 aromatic carbocycles. The van der Waals surface area contributed by atoms with Crippen molar-refractivity contribution in [3.63, 3.8) is 0 Å². The minimum atomic E-state index is -0.613. The molecule has 2 heterocycles. The molecule has 9 nitrogen and oxygen atoms in total. The number of hydroxylamine groups is 4. The molecule has 2 saturated heterocycles. The van der Waals surface area contributed by atoms with Crippen molar-refractivity contribution in [1.29, 1.82) is 0 Å². The first kappa shape index (κ1) is 24.5. The number of rotatable bonds is 1. The number of hydrogen-bond donors (Lipinski definition) is 0. The lowest BCUT2D eigenvalue weighted by Gasteiger charge is -2.49. The predicted molar refractivity (Wildman–Crippen MR) is 104 cm³/mol. The van der Waals surface area contributed by atoms with Gasteiger partial charge < -0.3 is 18.9 Å². The van der Waals surface area contributed by atoms with Gasteiger partial charge in [-0.25, -0.2) is 5.06 Å². The summed E-state index contributed by atoms with van der Waals surface area (Å²) in [6, 6.07) is 0. The summed E-state index contributed by atoms with van der Waals surface area (Å²) >= 11 is 0. The molecule has 0 bridgehead atoms. The van der Waals surface area contributed by atoms with Crippen LogP contribution in [0, 0.1) is 5.92 Å². The third-order valence-electron chi connectivity index (χ3n) is 5.22. The molecule has 0 aliphatic carbocycles. The molecule has 0 unspecified atom stereocenters. The van der Waals surface area contributed by atoms with Gasteiger partial charge in [0.15, 0.2) is 0 Å². The van der Waals surface area contributed by atoms with E-state index in [1.165, 1.54) is 5.06 Å². The van der Waals surface area contributed by atoms with E-state index >= 15 is 0 Å². The van der Waals surface area contributed by atoms with Crippen LogP contribution in [-0.2, 0) is 33.8 Å². The van der Waals surface area contributed by atoms with E-state index in [2.05, 4.69) is 0 Å². The molecule has 0 aromatic heterocycles. The molecule has 169 valence electrons. The van der Waals surface area contributed by atoms with Crippen LogP contribution < -0.4 is 0 Å². The van der Waals surface area contributed by atoms with Crippen molar-refractivity contribution in [3.05, 3.63) is 0 Å². The Kier molecular flexibility index (Phi) is 9.74.